The lowest BCUT2D eigenvalue weighted by atomic mass is 10.1. The first-order valence-electron chi connectivity index (χ1n) is 8.71. The molecule has 0 unspecified atom stereocenters. The molecular weight excluding hydrogens is 379 g/mol. The van der Waals surface area contributed by atoms with E-state index in [4.69, 9.17) is 0 Å². The molecule has 144 valence electrons. The van der Waals surface area contributed by atoms with Gasteiger partial charge in [0.2, 0.25) is 5.91 Å². The third-order valence-corrected chi connectivity index (χ3v) is 5.06. The van der Waals surface area contributed by atoms with Crippen LogP contribution >= 0.6 is 11.8 Å². The van der Waals surface area contributed by atoms with E-state index in [1.165, 1.54) is 43.0 Å². The van der Waals surface area contributed by atoms with E-state index in [0.717, 1.165) is 4.90 Å². The number of anilines is 2. The highest BCUT2D eigenvalue weighted by Crippen LogP contribution is 2.40. The average Bonchev–Trinajstić information content (AvgIpc) is 2.86. The number of benzene rings is 2. The van der Waals surface area contributed by atoms with E-state index in [1.54, 1.807) is 24.3 Å². The minimum absolute atomic E-state index is 0.0873. The molecule has 1 aliphatic heterocycles. The van der Waals surface area contributed by atoms with Crippen molar-refractivity contribution in [3.8, 4) is 0 Å². The summed E-state index contributed by atoms with van der Waals surface area (Å²) in [5.41, 5.74) is 1.75. The maximum atomic E-state index is 13.3. The number of halogens is 1. The van der Waals surface area contributed by atoms with Crippen LogP contribution in [0, 0.1) is 5.82 Å². The van der Waals surface area contributed by atoms with E-state index in [2.05, 4.69) is 5.32 Å². The molecule has 0 aliphatic carbocycles. The summed E-state index contributed by atoms with van der Waals surface area (Å²) >= 11 is 1.31. The van der Waals surface area contributed by atoms with Crippen molar-refractivity contribution in [2.45, 2.75) is 26.0 Å². The van der Waals surface area contributed by atoms with Gasteiger partial charge in [0, 0.05) is 17.9 Å². The summed E-state index contributed by atoms with van der Waals surface area (Å²) in [5.74, 6) is -1.48. The van der Waals surface area contributed by atoms with E-state index >= 15 is 0 Å². The second kappa shape index (κ2) is 7.98. The third kappa shape index (κ3) is 3.99. The van der Waals surface area contributed by atoms with Crippen LogP contribution in [0.15, 0.2) is 53.4 Å². The van der Waals surface area contributed by atoms with Crippen molar-refractivity contribution < 1.29 is 18.8 Å². The number of amides is 3. The Balaban J connectivity index is 2.00. The maximum Gasteiger partial charge on any atom is 0.272 e. The van der Waals surface area contributed by atoms with Crippen LogP contribution < -0.4 is 10.2 Å². The first-order valence-corrected chi connectivity index (χ1v) is 9.59. The highest BCUT2D eigenvalue weighted by molar-refractivity contribution is 8.04. The van der Waals surface area contributed by atoms with Crippen molar-refractivity contribution >= 4 is 46.4 Å². The van der Waals surface area contributed by atoms with Crippen LogP contribution in [0.4, 0.5) is 15.8 Å². The summed E-state index contributed by atoms with van der Waals surface area (Å²) in [6, 6.07) is 12.0. The number of thioether (sulfide) groups is 1. The highest BCUT2D eigenvalue weighted by atomic mass is 32.2. The molecule has 3 amide bonds. The molecule has 1 aliphatic rings. The molecule has 0 atom stereocenters. The van der Waals surface area contributed by atoms with Gasteiger partial charge in [-0.1, -0.05) is 26.0 Å². The summed E-state index contributed by atoms with van der Waals surface area (Å²) in [5, 5.41) is 2.73. The van der Waals surface area contributed by atoms with Gasteiger partial charge < -0.3 is 5.32 Å². The fourth-order valence-corrected chi connectivity index (χ4v) is 3.84. The van der Waals surface area contributed by atoms with Crippen molar-refractivity contribution in [3.63, 3.8) is 0 Å². The lowest BCUT2D eigenvalue weighted by molar-refractivity contribution is -0.120. The van der Waals surface area contributed by atoms with Gasteiger partial charge in [-0.3, -0.25) is 14.4 Å². The largest absolute Gasteiger partial charge is 0.326 e. The Bertz CT molecular complexity index is 966. The Kier molecular flexibility index (Phi) is 5.65. The predicted molar refractivity (Wildman–Crippen MR) is 109 cm³/mol. The smallest absolute Gasteiger partial charge is 0.272 e. The Morgan fingerprint density at radius 1 is 1.00 bits per heavy atom. The van der Waals surface area contributed by atoms with Gasteiger partial charge in [0.25, 0.3) is 11.8 Å². The van der Waals surface area contributed by atoms with E-state index in [1.807, 2.05) is 13.8 Å². The molecule has 0 fully saturated rings. The van der Waals surface area contributed by atoms with Crippen LogP contribution in [-0.4, -0.2) is 23.0 Å². The van der Waals surface area contributed by atoms with Crippen LogP contribution in [0.25, 0.3) is 5.57 Å². The third-order valence-electron chi connectivity index (χ3n) is 3.97. The zero-order valence-corrected chi connectivity index (χ0v) is 16.5. The maximum absolute atomic E-state index is 13.3. The molecule has 0 bridgehead atoms. The van der Waals surface area contributed by atoms with Gasteiger partial charge in [0.1, 0.15) is 5.82 Å². The summed E-state index contributed by atoms with van der Waals surface area (Å²) in [6.45, 7) is 5.26. The number of rotatable bonds is 5. The molecule has 1 N–H and O–H groups in total. The highest BCUT2D eigenvalue weighted by Gasteiger charge is 2.40. The monoisotopic (exact) mass is 398 g/mol. The molecule has 0 saturated heterocycles. The summed E-state index contributed by atoms with van der Waals surface area (Å²) in [4.78, 5) is 38.8. The molecule has 28 heavy (non-hydrogen) atoms. The number of nitrogens with zero attached hydrogens (tertiary/aromatic N) is 1. The van der Waals surface area contributed by atoms with E-state index in [-0.39, 0.29) is 16.7 Å². The molecule has 7 heteroatoms. The van der Waals surface area contributed by atoms with Crippen molar-refractivity contribution in [1.29, 1.82) is 0 Å². The Morgan fingerprint density at radius 2 is 1.61 bits per heavy atom. The van der Waals surface area contributed by atoms with Gasteiger partial charge in [-0.15, -0.1) is 11.8 Å². The minimum atomic E-state index is -0.452. The van der Waals surface area contributed by atoms with E-state index in [9.17, 15) is 18.8 Å². The van der Waals surface area contributed by atoms with Crippen LogP contribution in [0.1, 0.15) is 26.3 Å². The SMILES string of the molecule is CC(=O)Nc1ccc(N2C(=O)C(SC(C)C)=C(c3ccc(F)cc3)C2=O)cc1. The lowest BCUT2D eigenvalue weighted by Gasteiger charge is -2.16. The van der Waals surface area contributed by atoms with Crippen LogP contribution in [0.2, 0.25) is 0 Å². The Morgan fingerprint density at radius 3 is 2.14 bits per heavy atom. The molecule has 3 rings (SSSR count). The number of hydrogen-bond donors (Lipinski definition) is 1. The summed E-state index contributed by atoms with van der Waals surface area (Å²) < 4.78 is 13.3. The predicted octanol–water partition coefficient (Wildman–Crippen LogP) is 4.21. The number of nitrogens with one attached hydrogen (secondary N) is 1. The summed E-state index contributed by atoms with van der Waals surface area (Å²) in [7, 11) is 0. The van der Waals surface area contributed by atoms with Crippen LogP contribution in [-0.2, 0) is 14.4 Å². The second-order valence-electron chi connectivity index (χ2n) is 6.55. The Labute approximate surface area is 166 Å². The van der Waals surface area contributed by atoms with Gasteiger partial charge in [0.15, 0.2) is 0 Å². The lowest BCUT2D eigenvalue weighted by Crippen LogP contribution is -2.31. The van der Waals surface area contributed by atoms with Gasteiger partial charge in [-0.05, 0) is 42.0 Å². The zero-order valence-electron chi connectivity index (χ0n) is 15.7. The molecule has 1 heterocycles. The topological polar surface area (TPSA) is 66.5 Å². The molecule has 5 nitrogen and oxygen atoms in total. The quantitative estimate of drug-likeness (QED) is 0.766. The standard InChI is InChI=1S/C21H19FN2O3S/c1-12(2)28-19-18(14-4-6-15(22)7-5-14)20(26)24(21(19)27)17-10-8-16(9-11-17)23-13(3)25/h4-12H,1-3H3,(H,23,25). The zero-order chi connectivity index (χ0) is 20.4. The number of carbonyl (C=O) groups excluding carboxylic acids is 3. The van der Waals surface area contributed by atoms with Crippen molar-refractivity contribution in [1.82, 2.24) is 0 Å². The Hall–Kier alpha value is -2.93. The van der Waals surface area contributed by atoms with Crippen LogP contribution in [0.5, 0.6) is 0 Å². The molecule has 0 aromatic heterocycles. The van der Waals surface area contributed by atoms with Gasteiger partial charge in [-0.25, -0.2) is 9.29 Å². The van der Waals surface area contributed by atoms with E-state index in [0.29, 0.717) is 21.8 Å². The van der Waals surface area contributed by atoms with Gasteiger partial charge >= 0.3 is 0 Å². The first kappa shape index (κ1) is 19.8. The van der Waals surface area contributed by atoms with Crippen molar-refractivity contribution in [3.05, 3.63) is 64.8 Å². The number of imide groups is 1. The number of carbonyl (C=O) groups is 3. The fourth-order valence-electron chi connectivity index (χ4n) is 2.86. The molecule has 0 radical (unpaired) electrons. The van der Waals surface area contributed by atoms with Gasteiger partial charge in [0.05, 0.1) is 16.2 Å². The molecular formula is C21H19FN2O3S. The summed E-state index contributed by atoms with van der Waals surface area (Å²) in [6.07, 6.45) is 0. The van der Waals surface area contributed by atoms with Crippen LogP contribution in [0.3, 0.4) is 0 Å². The first-order chi connectivity index (χ1) is 13.3. The van der Waals surface area contributed by atoms with Crippen molar-refractivity contribution in [2.75, 3.05) is 10.2 Å². The molecule has 0 saturated carbocycles. The molecule has 2 aromatic carbocycles. The normalized spacial score (nSPS) is 14.2. The average molecular weight is 398 g/mol. The van der Waals surface area contributed by atoms with Crippen molar-refractivity contribution in [2.24, 2.45) is 0 Å². The second-order valence-corrected chi connectivity index (χ2v) is 8.14. The number of hydrogen-bond acceptors (Lipinski definition) is 4. The molecule has 0 spiro atoms. The van der Waals surface area contributed by atoms with Gasteiger partial charge in [-0.2, -0.15) is 0 Å². The fraction of sp³-hybridized carbons (Fsp3) is 0.190. The van der Waals surface area contributed by atoms with E-state index < -0.39 is 17.6 Å². The molecule has 2 aromatic rings. The minimum Gasteiger partial charge on any atom is -0.326 e.